The summed E-state index contributed by atoms with van der Waals surface area (Å²) >= 11 is 6.07. The monoisotopic (exact) mass is 500 g/mol. The van der Waals surface area contributed by atoms with Crippen molar-refractivity contribution in [1.82, 2.24) is 5.32 Å². The highest BCUT2D eigenvalue weighted by Crippen LogP contribution is 2.38. The number of aliphatic carboxylic acids is 1. The molecule has 3 rings (SSSR count). The predicted molar refractivity (Wildman–Crippen MR) is 120 cm³/mol. The molecule has 34 heavy (non-hydrogen) atoms. The fourth-order valence-corrected chi connectivity index (χ4v) is 4.44. The lowest BCUT2D eigenvalue weighted by molar-refractivity contribution is -0.143. The van der Waals surface area contributed by atoms with Crippen LogP contribution in [0.5, 0.6) is 0 Å². The Morgan fingerprint density at radius 3 is 2.41 bits per heavy atom. The van der Waals surface area contributed by atoms with Gasteiger partial charge in [-0.05, 0) is 80.5 Å². The van der Waals surface area contributed by atoms with E-state index < -0.39 is 35.5 Å². The van der Waals surface area contributed by atoms with E-state index in [-0.39, 0.29) is 34.7 Å². The summed E-state index contributed by atoms with van der Waals surface area (Å²) < 4.78 is 54.9. The van der Waals surface area contributed by atoms with Gasteiger partial charge < -0.3 is 15.7 Å². The van der Waals surface area contributed by atoms with Crippen LogP contribution in [-0.4, -0.2) is 23.5 Å². The van der Waals surface area contributed by atoms with Gasteiger partial charge in [-0.25, -0.2) is 4.39 Å². The van der Waals surface area contributed by atoms with Crippen LogP contribution in [0.3, 0.4) is 0 Å². The molecule has 0 heterocycles. The van der Waals surface area contributed by atoms with Crippen molar-refractivity contribution in [2.24, 2.45) is 11.8 Å². The Bertz CT molecular complexity index is 1050. The zero-order valence-electron chi connectivity index (χ0n) is 18.4. The van der Waals surface area contributed by atoms with Crippen molar-refractivity contribution in [2.75, 3.05) is 11.9 Å². The Morgan fingerprint density at radius 1 is 1.12 bits per heavy atom. The number of carbonyl (C=O) groups is 2. The molecule has 2 aromatic carbocycles. The summed E-state index contributed by atoms with van der Waals surface area (Å²) in [5, 5.41) is 14.6. The molecule has 5 nitrogen and oxygen atoms in total. The van der Waals surface area contributed by atoms with Gasteiger partial charge in [0.2, 0.25) is 0 Å². The van der Waals surface area contributed by atoms with E-state index in [4.69, 9.17) is 16.7 Å². The maximum Gasteiger partial charge on any atom is 0.418 e. The van der Waals surface area contributed by atoms with Crippen molar-refractivity contribution in [3.63, 3.8) is 0 Å². The second kappa shape index (κ2) is 10.6. The van der Waals surface area contributed by atoms with Crippen LogP contribution in [0.25, 0.3) is 0 Å². The Morgan fingerprint density at radius 2 is 1.79 bits per heavy atom. The molecule has 0 unspecified atom stereocenters. The number of hydrogen-bond acceptors (Lipinski definition) is 3. The molecule has 0 aromatic heterocycles. The maximum absolute atomic E-state index is 13.8. The molecule has 1 amide bonds. The Kier molecular flexibility index (Phi) is 8.07. The number of hydrogen-bond donors (Lipinski definition) is 3. The first-order valence-electron chi connectivity index (χ1n) is 10.9. The van der Waals surface area contributed by atoms with E-state index >= 15 is 0 Å². The van der Waals surface area contributed by atoms with E-state index in [1.807, 2.05) is 0 Å². The van der Waals surface area contributed by atoms with Crippen LogP contribution >= 0.6 is 11.6 Å². The number of anilines is 1. The average molecular weight is 501 g/mol. The largest absolute Gasteiger partial charge is 0.481 e. The topological polar surface area (TPSA) is 78.4 Å². The highest BCUT2D eigenvalue weighted by Gasteiger charge is 2.35. The summed E-state index contributed by atoms with van der Waals surface area (Å²) in [4.78, 5) is 23.6. The minimum absolute atomic E-state index is 0.0828. The quantitative estimate of drug-likeness (QED) is 0.390. The molecule has 0 bridgehead atoms. The lowest BCUT2D eigenvalue weighted by Gasteiger charge is -2.26. The number of halogens is 5. The molecule has 2 aromatic rings. The van der Waals surface area contributed by atoms with Crippen LogP contribution < -0.4 is 10.6 Å². The van der Waals surface area contributed by atoms with Gasteiger partial charge in [-0.3, -0.25) is 9.59 Å². The Balaban J connectivity index is 1.71. The van der Waals surface area contributed by atoms with Gasteiger partial charge in [-0.2, -0.15) is 13.2 Å². The van der Waals surface area contributed by atoms with Crippen LogP contribution in [0.4, 0.5) is 23.2 Å². The van der Waals surface area contributed by atoms with Gasteiger partial charge >= 0.3 is 12.1 Å². The number of rotatable bonds is 7. The highest BCUT2D eigenvalue weighted by atomic mass is 35.5. The van der Waals surface area contributed by atoms with Crippen molar-refractivity contribution >= 4 is 29.2 Å². The zero-order chi connectivity index (χ0) is 25.0. The first kappa shape index (κ1) is 25.8. The molecular formula is C24H25ClF4N2O3. The predicted octanol–water partition coefficient (Wildman–Crippen LogP) is 6.29. The van der Waals surface area contributed by atoms with Crippen molar-refractivity contribution in [2.45, 2.75) is 44.8 Å². The smallest absolute Gasteiger partial charge is 0.418 e. The average Bonchev–Trinajstić information content (AvgIpc) is 2.78. The fourth-order valence-electron chi connectivity index (χ4n) is 4.16. The van der Waals surface area contributed by atoms with Crippen molar-refractivity contribution < 1.29 is 32.3 Å². The minimum atomic E-state index is -4.74. The molecule has 0 spiro atoms. The van der Waals surface area contributed by atoms with Crippen molar-refractivity contribution in [1.29, 1.82) is 0 Å². The number of carbonyl (C=O) groups excluding carboxylic acids is 1. The van der Waals surface area contributed by atoms with Gasteiger partial charge in [0, 0.05) is 22.8 Å². The lowest BCUT2D eigenvalue weighted by Crippen LogP contribution is -2.32. The normalized spacial score (nSPS) is 19.4. The number of benzene rings is 2. The van der Waals surface area contributed by atoms with E-state index in [1.54, 1.807) is 6.92 Å². The van der Waals surface area contributed by atoms with E-state index in [2.05, 4.69) is 10.6 Å². The van der Waals surface area contributed by atoms with Gasteiger partial charge in [0.05, 0.1) is 17.5 Å². The number of carboxylic acids is 1. The third kappa shape index (κ3) is 6.40. The molecule has 1 saturated carbocycles. The first-order valence-corrected chi connectivity index (χ1v) is 11.3. The van der Waals surface area contributed by atoms with Gasteiger partial charge in [0.15, 0.2) is 0 Å². The molecule has 1 atom stereocenters. The van der Waals surface area contributed by atoms with Crippen molar-refractivity contribution in [3.8, 4) is 0 Å². The zero-order valence-corrected chi connectivity index (χ0v) is 19.1. The Hall–Kier alpha value is -2.81. The van der Waals surface area contributed by atoms with Crippen LogP contribution in [-0.2, 0) is 11.0 Å². The number of nitrogens with one attached hydrogen (secondary N) is 2. The highest BCUT2D eigenvalue weighted by molar-refractivity contribution is 6.31. The van der Waals surface area contributed by atoms with E-state index in [0.717, 1.165) is 18.2 Å². The maximum atomic E-state index is 13.8. The van der Waals surface area contributed by atoms with Gasteiger partial charge in [0.25, 0.3) is 5.91 Å². The van der Waals surface area contributed by atoms with Gasteiger partial charge in [0.1, 0.15) is 5.82 Å². The molecule has 0 aliphatic heterocycles. The molecule has 0 radical (unpaired) electrons. The standard InChI is InChI=1S/C24H25ClF4N2O3/c1-13(18-11-17(26)7-8-20(18)25)31-21-9-6-16(10-19(21)24(27,28)29)22(32)30-12-14-2-4-15(5-3-14)23(33)34/h6-11,13-15,31H,2-5,12H2,1H3,(H,30,32)(H,33,34)/t13-,14-,15-/m0/s1. The number of amides is 1. The molecule has 0 saturated heterocycles. The molecule has 1 aliphatic rings. The Labute approximate surface area is 199 Å². The number of carboxylic acid groups (broad SMARTS) is 1. The SMILES string of the molecule is C[C@H](Nc1ccc(C(=O)NC[C@H]2CC[C@H](C(=O)O)CC2)cc1C(F)(F)F)c1cc(F)ccc1Cl. The third-order valence-corrected chi connectivity index (χ3v) is 6.48. The third-order valence-electron chi connectivity index (χ3n) is 6.13. The second-order valence-electron chi connectivity index (χ2n) is 8.56. The fraction of sp³-hybridized carbons (Fsp3) is 0.417. The van der Waals surface area contributed by atoms with E-state index in [0.29, 0.717) is 31.2 Å². The van der Waals surface area contributed by atoms with Crippen LogP contribution in [0.2, 0.25) is 5.02 Å². The second-order valence-corrected chi connectivity index (χ2v) is 8.96. The summed E-state index contributed by atoms with van der Waals surface area (Å²) in [6.45, 7) is 1.82. The van der Waals surface area contributed by atoms with Gasteiger partial charge in [-0.1, -0.05) is 11.6 Å². The summed E-state index contributed by atoms with van der Waals surface area (Å²) in [6, 6.07) is 6.14. The van der Waals surface area contributed by atoms with E-state index in [9.17, 15) is 27.2 Å². The lowest BCUT2D eigenvalue weighted by atomic mass is 9.82. The molecular weight excluding hydrogens is 476 g/mol. The molecule has 1 aliphatic carbocycles. The van der Waals surface area contributed by atoms with Crippen LogP contribution in [0.15, 0.2) is 36.4 Å². The van der Waals surface area contributed by atoms with Crippen molar-refractivity contribution in [3.05, 3.63) is 63.9 Å². The van der Waals surface area contributed by atoms with Gasteiger partial charge in [-0.15, -0.1) is 0 Å². The molecule has 10 heteroatoms. The summed E-state index contributed by atoms with van der Waals surface area (Å²) in [5.41, 5.74) is -1.13. The van der Waals surface area contributed by atoms with E-state index in [1.165, 1.54) is 18.2 Å². The molecule has 184 valence electrons. The molecule has 3 N–H and O–H groups in total. The van der Waals surface area contributed by atoms with Crippen LogP contribution in [0.1, 0.15) is 60.1 Å². The first-order chi connectivity index (χ1) is 16.0. The molecule has 1 fully saturated rings. The summed E-state index contributed by atoms with van der Waals surface area (Å²) in [6.07, 6.45) is -2.44. The minimum Gasteiger partial charge on any atom is -0.481 e. The van der Waals surface area contributed by atoms with Crippen LogP contribution in [0, 0.1) is 17.7 Å². The number of alkyl halides is 3. The summed E-state index contributed by atoms with van der Waals surface area (Å²) in [7, 11) is 0. The summed E-state index contributed by atoms with van der Waals surface area (Å²) in [5.74, 6) is -2.33.